The Morgan fingerprint density at radius 3 is 2.50 bits per heavy atom. The van der Waals surface area contributed by atoms with Crippen molar-refractivity contribution in [3.8, 4) is 5.88 Å². The molecule has 1 heterocycles. The van der Waals surface area contributed by atoms with Crippen LogP contribution in [0.5, 0.6) is 5.88 Å². The van der Waals surface area contributed by atoms with Crippen molar-refractivity contribution in [2.75, 3.05) is 5.43 Å². The van der Waals surface area contributed by atoms with E-state index >= 15 is 0 Å². The Balaban J connectivity index is 2.09. The van der Waals surface area contributed by atoms with Crippen molar-refractivity contribution in [1.82, 2.24) is 9.97 Å². The predicted molar refractivity (Wildman–Crippen MR) is 71.2 cm³/mol. The molecule has 1 fully saturated rings. The average Bonchev–Trinajstić information content (AvgIpc) is 2.30. The van der Waals surface area contributed by atoms with Crippen LogP contribution in [0.4, 0.5) is 5.82 Å². The Kier molecular flexibility index (Phi) is 4.01. The van der Waals surface area contributed by atoms with Crippen LogP contribution in [0.25, 0.3) is 0 Å². The highest BCUT2D eigenvalue weighted by Gasteiger charge is 2.26. The second-order valence-corrected chi connectivity index (χ2v) is 5.45. The summed E-state index contributed by atoms with van der Waals surface area (Å²) in [6.45, 7) is 6.48. The third-order valence-corrected chi connectivity index (χ3v) is 3.59. The Morgan fingerprint density at radius 2 is 1.89 bits per heavy atom. The zero-order valence-electron chi connectivity index (χ0n) is 11.3. The van der Waals surface area contributed by atoms with Gasteiger partial charge in [0.1, 0.15) is 18.2 Å². The summed E-state index contributed by atoms with van der Waals surface area (Å²) in [5, 5.41) is 0. The molecule has 0 radical (unpaired) electrons. The van der Waals surface area contributed by atoms with Crippen molar-refractivity contribution in [2.45, 2.75) is 46.1 Å². The molecule has 1 aliphatic carbocycles. The van der Waals surface area contributed by atoms with Crippen LogP contribution in [0, 0.1) is 18.8 Å². The molecule has 0 aliphatic heterocycles. The SMILES string of the molecule is Cc1c(NN)ncnc1OC1CC(C)CC(C)C1. The molecule has 100 valence electrons. The molecule has 18 heavy (non-hydrogen) atoms. The topological polar surface area (TPSA) is 73.1 Å². The van der Waals surface area contributed by atoms with Gasteiger partial charge in [-0.15, -0.1) is 0 Å². The number of hydrogen-bond acceptors (Lipinski definition) is 5. The summed E-state index contributed by atoms with van der Waals surface area (Å²) in [5.41, 5.74) is 3.43. The number of hydrazine groups is 1. The molecule has 1 aromatic rings. The van der Waals surface area contributed by atoms with Gasteiger partial charge in [0.25, 0.3) is 0 Å². The first-order valence-electron chi connectivity index (χ1n) is 6.55. The van der Waals surface area contributed by atoms with Crippen LogP contribution in [0.2, 0.25) is 0 Å². The maximum atomic E-state index is 6.02. The van der Waals surface area contributed by atoms with Crippen LogP contribution in [0.3, 0.4) is 0 Å². The lowest BCUT2D eigenvalue weighted by Crippen LogP contribution is -2.29. The first-order valence-corrected chi connectivity index (χ1v) is 6.55. The fraction of sp³-hybridized carbons (Fsp3) is 0.692. The lowest BCUT2D eigenvalue weighted by atomic mass is 9.82. The highest BCUT2D eigenvalue weighted by atomic mass is 16.5. The molecular formula is C13H22N4O. The summed E-state index contributed by atoms with van der Waals surface area (Å²) < 4.78 is 6.02. The molecule has 5 heteroatoms. The summed E-state index contributed by atoms with van der Waals surface area (Å²) in [6.07, 6.45) is 5.21. The summed E-state index contributed by atoms with van der Waals surface area (Å²) >= 11 is 0. The van der Waals surface area contributed by atoms with Crippen LogP contribution < -0.4 is 16.0 Å². The summed E-state index contributed by atoms with van der Waals surface area (Å²) in [6, 6.07) is 0. The maximum Gasteiger partial charge on any atom is 0.221 e. The lowest BCUT2D eigenvalue weighted by molar-refractivity contribution is 0.0959. The Hall–Kier alpha value is -1.36. The van der Waals surface area contributed by atoms with E-state index in [-0.39, 0.29) is 6.10 Å². The number of rotatable bonds is 3. The molecule has 5 nitrogen and oxygen atoms in total. The minimum atomic E-state index is 0.253. The fourth-order valence-electron chi connectivity index (χ4n) is 2.83. The van der Waals surface area contributed by atoms with Crippen LogP contribution >= 0.6 is 0 Å². The van der Waals surface area contributed by atoms with Gasteiger partial charge in [0.15, 0.2) is 0 Å². The molecule has 0 amide bonds. The van der Waals surface area contributed by atoms with Gasteiger partial charge >= 0.3 is 0 Å². The Labute approximate surface area is 108 Å². The predicted octanol–water partition coefficient (Wildman–Crippen LogP) is 2.27. The van der Waals surface area contributed by atoms with Crippen molar-refractivity contribution in [1.29, 1.82) is 0 Å². The first-order chi connectivity index (χ1) is 8.60. The second kappa shape index (κ2) is 5.52. The molecule has 2 atom stereocenters. The largest absolute Gasteiger partial charge is 0.474 e. The van der Waals surface area contributed by atoms with Gasteiger partial charge in [-0.25, -0.2) is 15.8 Å². The van der Waals surface area contributed by atoms with E-state index < -0.39 is 0 Å². The highest BCUT2D eigenvalue weighted by molar-refractivity contribution is 5.46. The van der Waals surface area contributed by atoms with E-state index in [0.717, 1.165) is 18.4 Å². The van der Waals surface area contributed by atoms with Crippen molar-refractivity contribution < 1.29 is 4.74 Å². The number of nitrogens with zero attached hydrogens (tertiary/aromatic N) is 2. The Bertz CT molecular complexity index is 400. The fourth-order valence-corrected chi connectivity index (χ4v) is 2.83. The van der Waals surface area contributed by atoms with Crippen LogP contribution in [0.15, 0.2) is 6.33 Å². The van der Waals surface area contributed by atoms with Gasteiger partial charge in [0.05, 0.1) is 5.56 Å². The number of nitrogen functional groups attached to an aromatic ring is 1. The molecular weight excluding hydrogens is 228 g/mol. The number of anilines is 1. The molecule has 0 bridgehead atoms. The normalized spacial score (nSPS) is 27.9. The summed E-state index contributed by atoms with van der Waals surface area (Å²) in [5.74, 6) is 8.10. The molecule has 1 saturated carbocycles. The average molecular weight is 250 g/mol. The monoisotopic (exact) mass is 250 g/mol. The van der Waals surface area contributed by atoms with Crippen molar-refractivity contribution in [3.63, 3.8) is 0 Å². The second-order valence-electron chi connectivity index (χ2n) is 5.45. The zero-order chi connectivity index (χ0) is 13.1. The smallest absolute Gasteiger partial charge is 0.221 e. The van der Waals surface area contributed by atoms with Crippen molar-refractivity contribution >= 4 is 5.82 Å². The third-order valence-electron chi connectivity index (χ3n) is 3.59. The minimum absolute atomic E-state index is 0.253. The van der Waals surface area contributed by atoms with Crippen molar-refractivity contribution in [2.24, 2.45) is 17.7 Å². The van der Waals surface area contributed by atoms with Crippen molar-refractivity contribution in [3.05, 3.63) is 11.9 Å². The molecule has 0 saturated heterocycles. The third kappa shape index (κ3) is 2.90. The number of nitrogens with two attached hydrogens (primary N) is 1. The van der Waals surface area contributed by atoms with Crippen LogP contribution in [0.1, 0.15) is 38.7 Å². The summed E-state index contributed by atoms with van der Waals surface area (Å²) in [4.78, 5) is 8.26. The summed E-state index contributed by atoms with van der Waals surface area (Å²) in [7, 11) is 0. The number of nitrogens with one attached hydrogen (secondary N) is 1. The van der Waals surface area contributed by atoms with E-state index in [1.807, 2.05) is 6.92 Å². The number of hydrogen-bond donors (Lipinski definition) is 2. The Morgan fingerprint density at radius 1 is 1.22 bits per heavy atom. The van der Waals surface area contributed by atoms with Gasteiger partial charge in [0.2, 0.25) is 5.88 Å². The number of aromatic nitrogens is 2. The molecule has 3 N–H and O–H groups in total. The lowest BCUT2D eigenvalue weighted by Gasteiger charge is -2.31. The molecule has 0 spiro atoms. The van der Waals surface area contributed by atoms with Crippen LogP contribution in [-0.2, 0) is 0 Å². The maximum absolute atomic E-state index is 6.02. The van der Waals surface area contributed by atoms with Gasteiger partial charge in [-0.1, -0.05) is 13.8 Å². The van der Waals surface area contributed by atoms with E-state index in [1.165, 1.54) is 12.7 Å². The van der Waals surface area contributed by atoms with E-state index in [0.29, 0.717) is 23.5 Å². The standard InChI is InChI=1S/C13H22N4O/c1-8-4-9(2)6-11(5-8)18-13-10(3)12(17-14)15-7-16-13/h7-9,11H,4-6,14H2,1-3H3,(H,15,16,17). The molecule has 1 aromatic heterocycles. The molecule has 1 aliphatic rings. The van der Waals surface area contributed by atoms with Gasteiger partial charge in [-0.3, -0.25) is 0 Å². The quantitative estimate of drug-likeness (QED) is 0.636. The molecule has 0 aromatic carbocycles. The minimum Gasteiger partial charge on any atom is -0.474 e. The molecule has 2 unspecified atom stereocenters. The van der Waals surface area contributed by atoms with E-state index in [4.69, 9.17) is 10.6 Å². The zero-order valence-corrected chi connectivity index (χ0v) is 11.3. The first kappa shape index (κ1) is 13.1. The van der Waals surface area contributed by atoms with Gasteiger partial charge < -0.3 is 10.2 Å². The molecule has 2 rings (SSSR count). The van der Waals surface area contributed by atoms with Gasteiger partial charge in [-0.2, -0.15) is 0 Å². The van der Waals surface area contributed by atoms with Crippen LogP contribution in [-0.4, -0.2) is 16.1 Å². The van der Waals surface area contributed by atoms with Gasteiger partial charge in [0, 0.05) is 0 Å². The number of ether oxygens (including phenoxy) is 1. The highest BCUT2D eigenvalue weighted by Crippen LogP contribution is 2.32. The van der Waals surface area contributed by atoms with E-state index in [2.05, 4.69) is 29.2 Å². The van der Waals surface area contributed by atoms with E-state index in [1.54, 1.807) is 0 Å². The van der Waals surface area contributed by atoms with Gasteiger partial charge in [-0.05, 0) is 38.0 Å². The van der Waals surface area contributed by atoms with E-state index in [9.17, 15) is 0 Å².